The number of fused-ring (bicyclic) bond motifs is 1. The van der Waals surface area contributed by atoms with Crippen LogP contribution in [0, 0.1) is 11.3 Å². The summed E-state index contributed by atoms with van der Waals surface area (Å²) in [5, 5.41) is 0. The summed E-state index contributed by atoms with van der Waals surface area (Å²) in [5.41, 5.74) is 7.01. The highest BCUT2D eigenvalue weighted by atomic mass is 15.2. The van der Waals surface area contributed by atoms with Crippen LogP contribution < -0.4 is 5.73 Å². The van der Waals surface area contributed by atoms with Crippen LogP contribution in [0.15, 0.2) is 0 Å². The summed E-state index contributed by atoms with van der Waals surface area (Å²) in [7, 11) is 0. The van der Waals surface area contributed by atoms with Crippen molar-refractivity contribution in [3.8, 4) is 0 Å². The van der Waals surface area contributed by atoms with E-state index in [0.717, 1.165) is 12.0 Å². The van der Waals surface area contributed by atoms with Crippen LogP contribution in [0.25, 0.3) is 0 Å². The van der Waals surface area contributed by atoms with E-state index in [1.165, 1.54) is 64.3 Å². The fraction of sp³-hybridized carbons (Fsp3) is 1.00. The number of rotatable bonds is 1. The van der Waals surface area contributed by atoms with Gasteiger partial charge in [-0.2, -0.15) is 0 Å². The first-order chi connectivity index (χ1) is 9.07. The molecule has 2 aliphatic carbocycles. The minimum Gasteiger partial charge on any atom is -0.326 e. The van der Waals surface area contributed by atoms with Crippen molar-refractivity contribution in [1.29, 1.82) is 0 Å². The molecule has 19 heavy (non-hydrogen) atoms. The van der Waals surface area contributed by atoms with Crippen molar-refractivity contribution in [3.63, 3.8) is 0 Å². The minimum atomic E-state index is 0.425. The molecule has 1 heterocycles. The van der Waals surface area contributed by atoms with Crippen LogP contribution in [0.4, 0.5) is 0 Å². The van der Waals surface area contributed by atoms with Crippen molar-refractivity contribution in [1.82, 2.24) is 4.90 Å². The first-order valence-corrected chi connectivity index (χ1v) is 8.58. The lowest BCUT2D eigenvalue weighted by Crippen LogP contribution is -2.59. The third-order valence-electron chi connectivity index (χ3n) is 6.12. The fourth-order valence-corrected chi connectivity index (χ4v) is 5.01. The summed E-state index contributed by atoms with van der Waals surface area (Å²) in [6, 6.07) is 1.95. The van der Waals surface area contributed by atoms with Crippen molar-refractivity contribution in [2.24, 2.45) is 17.1 Å². The van der Waals surface area contributed by atoms with Crippen LogP contribution in [0.5, 0.6) is 0 Å². The van der Waals surface area contributed by atoms with Gasteiger partial charge in [-0.15, -0.1) is 0 Å². The molecule has 4 atom stereocenters. The minimum absolute atomic E-state index is 0.425. The highest BCUT2D eigenvalue weighted by Crippen LogP contribution is 2.42. The smallest absolute Gasteiger partial charge is 0.0255 e. The largest absolute Gasteiger partial charge is 0.326 e. The predicted molar refractivity (Wildman–Crippen MR) is 81.1 cm³/mol. The lowest BCUT2D eigenvalue weighted by molar-refractivity contribution is -0.0146. The van der Waals surface area contributed by atoms with Gasteiger partial charge in [0.05, 0.1) is 0 Å². The summed E-state index contributed by atoms with van der Waals surface area (Å²) < 4.78 is 0. The average molecular weight is 264 g/mol. The van der Waals surface area contributed by atoms with E-state index in [1.54, 1.807) is 0 Å². The topological polar surface area (TPSA) is 29.3 Å². The Morgan fingerprint density at radius 3 is 2.53 bits per heavy atom. The second-order valence-corrected chi connectivity index (χ2v) is 8.13. The van der Waals surface area contributed by atoms with Gasteiger partial charge in [0.2, 0.25) is 0 Å². The van der Waals surface area contributed by atoms with Crippen LogP contribution in [0.3, 0.4) is 0 Å². The summed E-state index contributed by atoms with van der Waals surface area (Å²) in [5.74, 6) is 0.986. The Morgan fingerprint density at radius 1 is 0.947 bits per heavy atom. The third kappa shape index (κ3) is 2.85. The molecule has 110 valence electrons. The van der Waals surface area contributed by atoms with Crippen LogP contribution >= 0.6 is 0 Å². The summed E-state index contributed by atoms with van der Waals surface area (Å²) in [6.07, 6.45) is 12.6. The monoisotopic (exact) mass is 264 g/mol. The second kappa shape index (κ2) is 5.37. The van der Waals surface area contributed by atoms with Crippen LogP contribution in [0.2, 0.25) is 0 Å². The molecule has 0 bridgehead atoms. The van der Waals surface area contributed by atoms with Gasteiger partial charge in [-0.1, -0.05) is 26.7 Å². The van der Waals surface area contributed by atoms with Crippen LogP contribution in [-0.4, -0.2) is 29.6 Å². The number of nitrogens with zero attached hydrogens (tertiary/aromatic N) is 1. The first-order valence-electron chi connectivity index (χ1n) is 8.58. The predicted octanol–water partition coefficient (Wildman–Crippen LogP) is 3.55. The van der Waals surface area contributed by atoms with Crippen molar-refractivity contribution < 1.29 is 0 Å². The highest BCUT2D eigenvalue weighted by molar-refractivity contribution is 4.98. The third-order valence-corrected chi connectivity index (χ3v) is 6.12. The summed E-state index contributed by atoms with van der Waals surface area (Å²) >= 11 is 0. The molecule has 3 rings (SSSR count). The van der Waals surface area contributed by atoms with Gasteiger partial charge in [0.25, 0.3) is 0 Å². The zero-order valence-electron chi connectivity index (χ0n) is 12.9. The van der Waals surface area contributed by atoms with E-state index in [0.29, 0.717) is 17.5 Å². The molecule has 0 spiro atoms. The van der Waals surface area contributed by atoms with Gasteiger partial charge in [-0.05, 0) is 62.8 Å². The van der Waals surface area contributed by atoms with Gasteiger partial charge >= 0.3 is 0 Å². The normalized spacial score (nSPS) is 43.7. The molecule has 2 N–H and O–H groups in total. The fourth-order valence-electron chi connectivity index (χ4n) is 5.01. The molecule has 0 amide bonds. The maximum atomic E-state index is 6.51. The molecule has 3 fully saturated rings. The van der Waals surface area contributed by atoms with Gasteiger partial charge in [0.15, 0.2) is 0 Å². The Morgan fingerprint density at radius 2 is 1.68 bits per heavy atom. The van der Waals surface area contributed by atoms with Crippen molar-refractivity contribution in [2.45, 2.75) is 89.8 Å². The molecule has 2 heteroatoms. The van der Waals surface area contributed by atoms with Gasteiger partial charge < -0.3 is 5.73 Å². The summed E-state index contributed by atoms with van der Waals surface area (Å²) in [4.78, 5) is 2.86. The lowest BCUT2D eigenvalue weighted by Gasteiger charge is -2.52. The Bertz CT molecular complexity index is 310. The SMILES string of the molecule is CC1(C)CCC(N)C(N2CCCC3CCCCC32)C1. The number of nitrogens with two attached hydrogens (primary N) is 1. The van der Waals surface area contributed by atoms with E-state index >= 15 is 0 Å². The standard InChI is InChI=1S/C17H32N2/c1-17(2)10-9-14(18)16(12-17)19-11-5-7-13-6-3-4-8-15(13)19/h13-16H,3-12,18H2,1-2H3. The molecule has 0 aromatic rings. The van der Waals surface area contributed by atoms with Gasteiger partial charge in [0, 0.05) is 18.1 Å². The Balaban J connectivity index is 1.75. The Labute approximate surface area is 119 Å². The van der Waals surface area contributed by atoms with Gasteiger partial charge in [-0.3, -0.25) is 4.90 Å². The Kier molecular flexibility index (Phi) is 3.92. The van der Waals surface area contributed by atoms with E-state index in [4.69, 9.17) is 5.73 Å². The number of hydrogen-bond acceptors (Lipinski definition) is 2. The van der Waals surface area contributed by atoms with Crippen molar-refractivity contribution in [2.75, 3.05) is 6.54 Å². The van der Waals surface area contributed by atoms with E-state index in [2.05, 4.69) is 18.7 Å². The maximum absolute atomic E-state index is 6.51. The molecular formula is C17H32N2. The zero-order valence-corrected chi connectivity index (χ0v) is 12.9. The average Bonchev–Trinajstić information content (AvgIpc) is 2.41. The highest BCUT2D eigenvalue weighted by Gasteiger charge is 2.42. The molecule has 1 aliphatic heterocycles. The van der Waals surface area contributed by atoms with E-state index in [9.17, 15) is 0 Å². The quantitative estimate of drug-likeness (QED) is 0.785. The number of likely N-dealkylation sites (tertiary alicyclic amines) is 1. The molecule has 3 aliphatic rings. The molecule has 2 saturated carbocycles. The number of piperidine rings is 1. The number of hydrogen-bond donors (Lipinski definition) is 1. The van der Waals surface area contributed by atoms with Crippen LogP contribution in [-0.2, 0) is 0 Å². The maximum Gasteiger partial charge on any atom is 0.0255 e. The van der Waals surface area contributed by atoms with Crippen LogP contribution in [0.1, 0.15) is 71.6 Å². The lowest BCUT2D eigenvalue weighted by atomic mass is 9.70. The van der Waals surface area contributed by atoms with Gasteiger partial charge in [-0.25, -0.2) is 0 Å². The van der Waals surface area contributed by atoms with Gasteiger partial charge in [0.1, 0.15) is 0 Å². The van der Waals surface area contributed by atoms with Crippen molar-refractivity contribution in [3.05, 3.63) is 0 Å². The zero-order chi connectivity index (χ0) is 13.5. The molecule has 0 aromatic carbocycles. The van der Waals surface area contributed by atoms with E-state index in [-0.39, 0.29) is 0 Å². The van der Waals surface area contributed by atoms with Crippen molar-refractivity contribution >= 4 is 0 Å². The molecule has 2 nitrogen and oxygen atoms in total. The first kappa shape index (κ1) is 13.9. The Hall–Kier alpha value is -0.0800. The summed E-state index contributed by atoms with van der Waals surface area (Å²) in [6.45, 7) is 6.19. The molecular weight excluding hydrogens is 232 g/mol. The molecule has 0 radical (unpaired) electrons. The molecule has 1 saturated heterocycles. The van der Waals surface area contributed by atoms with E-state index in [1.807, 2.05) is 0 Å². The molecule has 4 unspecified atom stereocenters. The second-order valence-electron chi connectivity index (χ2n) is 8.13. The van der Waals surface area contributed by atoms with E-state index < -0.39 is 0 Å². The molecule has 0 aromatic heterocycles.